The predicted molar refractivity (Wildman–Crippen MR) is 164 cm³/mol. The molecule has 244 valence electrons. The lowest BCUT2D eigenvalue weighted by Gasteiger charge is -2.28. The first-order valence-corrected chi connectivity index (χ1v) is 16.1. The van der Waals surface area contributed by atoms with E-state index in [-0.39, 0.29) is 57.7 Å². The van der Waals surface area contributed by atoms with Crippen molar-refractivity contribution in [2.24, 2.45) is 0 Å². The van der Waals surface area contributed by atoms with Crippen LogP contribution in [0.1, 0.15) is 52.7 Å². The van der Waals surface area contributed by atoms with Crippen LogP contribution in [-0.2, 0) is 23.4 Å². The fourth-order valence-electron chi connectivity index (χ4n) is 6.33. The van der Waals surface area contributed by atoms with Crippen LogP contribution in [0, 0.1) is 29.9 Å². The first kappa shape index (κ1) is 32.4. The third kappa shape index (κ3) is 5.92. The minimum absolute atomic E-state index is 0.0318. The third-order valence-electron chi connectivity index (χ3n) is 8.51. The maximum absolute atomic E-state index is 16.0. The summed E-state index contributed by atoms with van der Waals surface area (Å²) in [4.78, 5) is 14.6. The quantitative estimate of drug-likeness (QED) is 0.157. The molecule has 3 atom stereocenters. The lowest BCUT2D eigenvalue weighted by molar-refractivity contribution is -0.138. The Balaban J connectivity index is 1.61. The summed E-state index contributed by atoms with van der Waals surface area (Å²) in [5.74, 6) is -2.22. The van der Waals surface area contributed by atoms with Gasteiger partial charge in [0.05, 0.1) is 45.8 Å². The van der Waals surface area contributed by atoms with Gasteiger partial charge in [0.2, 0.25) is 12.5 Å². The highest BCUT2D eigenvalue weighted by atomic mass is 32.2. The van der Waals surface area contributed by atoms with Crippen molar-refractivity contribution in [2.45, 2.75) is 49.5 Å². The number of ether oxygens (including phenoxy) is 2. The molecule has 0 fully saturated rings. The maximum Gasteiger partial charge on any atom is 0.416 e. The van der Waals surface area contributed by atoms with Crippen molar-refractivity contribution < 1.29 is 35.6 Å². The number of hydrogen-bond donors (Lipinski definition) is 1. The molecule has 13 heteroatoms. The van der Waals surface area contributed by atoms with E-state index in [1.165, 1.54) is 23.6 Å². The predicted octanol–water partition coefficient (Wildman–Crippen LogP) is 6.74. The third-order valence-corrected chi connectivity index (χ3v) is 10.0. The molecule has 0 spiro atoms. The summed E-state index contributed by atoms with van der Waals surface area (Å²) < 4.78 is 99.4. The number of pyridine rings is 1. The Hall–Kier alpha value is -4.54. The van der Waals surface area contributed by atoms with Crippen LogP contribution in [0.5, 0.6) is 11.5 Å². The average Bonchev–Trinajstić information content (AvgIpc) is 3.66. The van der Waals surface area contributed by atoms with Crippen molar-refractivity contribution in [3.8, 4) is 28.7 Å². The van der Waals surface area contributed by atoms with Gasteiger partial charge in [-0.25, -0.2) is 8.78 Å². The van der Waals surface area contributed by atoms with Gasteiger partial charge in [-0.1, -0.05) is 36.4 Å². The van der Waals surface area contributed by atoms with Gasteiger partial charge >= 0.3 is 6.18 Å². The van der Waals surface area contributed by atoms with Crippen molar-refractivity contribution in [2.75, 3.05) is 19.1 Å². The van der Waals surface area contributed by atoms with Crippen LogP contribution in [0.3, 0.4) is 0 Å². The first-order chi connectivity index (χ1) is 22.5. The molecule has 47 heavy (non-hydrogen) atoms. The van der Waals surface area contributed by atoms with E-state index in [4.69, 9.17) is 14.7 Å². The van der Waals surface area contributed by atoms with E-state index in [2.05, 4.69) is 11.4 Å². The van der Waals surface area contributed by atoms with Crippen molar-refractivity contribution in [1.82, 2.24) is 9.88 Å². The van der Waals surface area contributed by atoms with E-state index in [1.54, 1.807) is 18.2 Å². The average molecular weight is 670 g/mol. The number of aromatic nitrogens is 1. The molecule has 0 aliphatic carbocycles. The monoisotopic (exact) mass is 669 g/mol. The number of nitriles is 1. The molecule has 4 aromatic rings. The smallest absolute Gasteiger partial charge is 0.416 e. The topological polar surface area (TPSA) is 93.3 Å². The summed E-state index contributed by atoms with van der Waals surface area (Å²) in [6.45, 7) is 1.56. The number of nitrogens with one attached hydrogen (secondary N) is 1. The van der Waals surface area contributed by atoms with E-state index in [0.29, 0.717) is 13.0 Å². The highest BCUT2D eigenvalue weighted by molar-refractivity contribution is 7.85. The molecule has 0 amide bonds. The summed E-state index contributed by atoms with van der Waals surface area (Å²) in [5.41, 5.74) is -2.13. The van der Waals surface area contributed by atoms with E-state index in [1.807, 2.05) is 12.1 Å². The SMILES string of the molecule is Cc1c(Cc2c(F)cccc2C(F)(F)F)c2n(c(=O)c1-c1ccc3c(c1F)OCO3)C(C(NCCCC#N)c1ccccc1)CS2=O. The van der Waals surface area contributed by atoms with Crippen LogP contribution in [-0.4, -0.2) is 27.9 Å². The van der Waals surface area contributed by atoms with Gasteiger partial charge in [0.15, 0.2) is 11.6 Å². The van der Waals surface area contributed by atoms with Gasteiger partial charge in [0.25, 0.3) is 5.56 Å². The summed E-state index contributed by atoms with van der Waals surface area (Å²) in [6, 6.07) is 15.0. The van der Waals surface area contributed by atoms with Gasteiger partial charge in [0, 0.05) is 24.0 Å². The Bertz CT molecular complexity index is 1970. The van der Waals surface area contributed by atoms with Crippen LogP contribution in [0.25, 0.3) is 11.1 Å². The van der Waals surface area contributed by atoms with Crippen molar-refractivity contribution in [3.63, 3.8) is 0 Å². The highest BCUT2D eigenvalue weighted by Gasteiger charge is 2.41. The fraction of sp³-hybridized carbons (Fsp3) is 0.294. The van der Waals surface area contributed by atoms with Crippen LogP contribution in [0.2, 0.25) is 0 Å². The zero-order chi connectivity index (χ0) is 33.5. The molecular formula is C34H28F5N3O4S. The Morgan fingerprint density at radius 2 is 1.83 bits per heavy atom. The number of fused-ring (bicyclic) bond motifs is 2. The summed E-state index contributed by atoms with van der Waals surface area (Å²) in [6.07, 6.45) is -4.81. The largest absolute Gasteiger partial charge is 0.453 e. The standard InChI is InChI=1S/C34H28F5N3O4S/c1-19-22(16-23-24(34(37,38)39)10-7-11-25(23)35)33-42(32(43)28(19)21-12-13-27-31(29(21)36)46-18-45-27)26(17-47(33)44)30(41-15-6-5-14-40)20-8-3-2-4-9-20/h2-4,7-13,26,30,41H,5-6,15-18H2,1H3. The molecular weight excluding hydrogens is 641 g/mol. The first-order valence-electron chi connectivity index (χ1n) is 14.8. The molecule has 0 saturated heterocycles. The minimum Gasteiger partial charge on any atom is -0.453 e. The zero-order valence-corrected chi connectivity index (χ0v) is 25.8. The molecule has 3 aromatic carbocycles. The highest BCUT2D eigenvalue weighted by Crippen LogP contribution is 2.44. The number of benzene rings is 3. The molecule has 0 bridgehead atoms. The zero-order valence-electron chi connectivity index (χ0n) is 25.0. The van der Waals surface area contributed by atoms with Crippen LogP contribution < -0.4 is 20.3 Å². The van der Waals surface area contributed by atoms with Crippen LogP contribution in [0.15, 0.2) is 70.5 Å². The summed E-state index contributed by atoms with van der Waals surface area (Å²) in [5, 5.41) is 12.4. The van der Waals surface area contributed by atoms with Gasteiger partial charge in [-0.15, -0.1) is 0 Å². The number of unbranched alkanes of at least 4 members (excludes halogenated alkanes) is 1. The number of rotatable bonds is 9. The molecule has 0 saturated carbocycles. The Labute approximate surface area is 269 Å². The van der Waals surface area contributed by atoms with Gasteiger partial charge in [0.1, 0.15) is 10.8 Å². The Morgan fingerprint density at radius 1 is 1.06 bits per heavy atom. The molecule has 6 rings (SSSR count). The van der Waals surface area contributed by atoms with E-state index < -0.39 is 63.8 Å². The number of alkyl halides is 3. The van der Waals surface area contributed by atoms with Crippen molar-refractivity contribution in [1.29, 1.82) is 5.26 Å². The van der Waals surface area contributed by atoms with E-state index in [0.717, 1.165) is 23.8 Å². The van der Waals surface area contributed by atoms with E-state index in [9.17, 15) is 22.2 Å². The van der Waals surface area contributed by atoms with E-state index >= 15 is 8.78 Å². The molecule has 1 aromatic heterocycles. The molecule has 3 heterocycles. The molecule has 0 radical (unpaired) electrons. The Kier molecular flexibility index (Phi) is 8.91. The van der Waals surface area contributed by atoms with Gasteiger partial charge in [-0.2, -0.15) is 18.4 Å². The van der Waals surface area contributed by atoms with Crippen molar-refractivity contribution in [3.05, 3.63) is 110 Å². The molecule has 3 unspecified atom stereocenters. The lowest BCUT2D eigenvalue weighted by atomic mass is 9.91. The minimum atomic E-state index is -4.90. The number of hydrogen-bond acceptors (Lipinski definition) is 6. The fourth-order valence-corrected chi connectivity index (χ4v) is 8.08. The molecule has 2 aliphatic rings. The normalized spacial score (nSPS) is 17.4. The number of halogens is 5. The van der Waals surface area contributed by atoms with Gasteiger partial charge < -0.3 is 14.8 Å². The molecule has 7 nitrogen and oxygen atoms in total. The second-order valence-electron chi connectivity index (χ2n) is 11.2. The second kappa shape index (κ2) is 12.9. The molecule has 1 N–H and O–H groups in total. The lowest BCUT2D eigenvalue weighted by Crippen LogP contribution is -2.36. The van der Waals surface area contributed by atoms with Crippen LogP contribution in [0.4, 0.5) is 22.0 Å². The maximum atomic E-state index is 16.0. The summed E-state index contributed by atoms with van der Waals surface area (Å²) in [7, 11) is -1.91. The summed E-state index contributed by atoms with van der Waals surface area (Å²) >= 11 is 0. The van der Waals surface area contributed by atoms with Crippen LogP contribution >= 0.6 is 0 Å². The second-order valence-corrected chi connectivity index (χ2v) is 12.7. The van der Waals surface area contributed by atoms with Crippen molar-refractivity contribution >= 4 is 10.8 Å². The van der Waals surface area contributed by atoms with Gasteiger partial charge in [-0.05, 0) is 60.8 Å². The Morgan fingerprint density at radius 3 is 2.55 bits per heavy atom. The van der Waals surface area contributed by atoms with Gasteiger partial charge in [-0.3, -0.25) is 13.6 Å². The molecule has 2 aliphatic heterocycles. The number of nitrogens with zero attached hydrogens (tertiary/aromatic N) is 2.